The highest BCUT2D eigenvalue weighted by Crippen LogP contribution is 2.24. The highest BCUT2D eigenvalue weighted by atomic mass is 16.1. The van der Waals surface area contributed by atoms with Gasteiger partial charge in [-0.15, -0.1) is 0 Å². The first-order chi connectivity index (χ1) is 12.2. The van der Waals surface area contributed by atoms with Crippen molar-refractivity contribution in [2.24, 2.45) is 5.92 Å². The molecule has 0 aromatic carbocycles. The molecule has 0 spiro atoms. The smallest absolute Gasteiger partial charge is 0.135 e. The van der Waals surface area contributed by atoms with E-state index in [-0.39, 0.29) is 0 Å². The number of Topliss-reactive ketones (excluding diaryl/α,β-unsaturated/α-hetero) is 2. The topological polar surface area (TPSA) is 34.1 Å². The number of carbonyl (C=O) groups excluding carboxylic acids is 2. The van der Waals surface area contributed by atoms with Crippen LogP contribution in [0, 0.1) is 5.92 Å². The van der Waals surface area contributed by atoms with Crippen LogP contribution in [-0.4, -0.2) is 11.6 Å². The van der Waals surface area contributed by atoms with E-state index in [0.29, 0.717) is 17.5 Å². The van der Waals surface area contributed by atoms with Crippen molar-refractivity contribution in [1.29, 1.82) is 0 Å². The fourth-order valence-corrected chi connectivity index (χ4v) is 4.01. The van der Waals surface area contributed by atoms with Crippen LogP contribution in [0.2, 0.25) is 0 Å². The Kier molecular flexibility index (Phi) is 14.0. The molecule has 2 rings (SSSR count). The number of hydrogen-bond acceptors (Lipinski definition) is 2. The summed E-state index contributed by atoms with van der Waals surface area (Å²) < 4.78 is 0. The van der Waals surface area contributed by atoms with E-state index in [1.807, 2.05) is 0 Å². The van der Waals surface area contributed by atoms with E-state index in [2.05, 4.69) is 6.92 Å². The van der Waals surface area contributed by atoms with Crippen LogP contribution < -0.4 is 0 Å². The molecule has 2 nitrogen and oxygen atoms in total. The van der Waals surface area contributed by atoms with E-state index in [9.17, 15) is 9.59 Å². The zero-order chi connectivity index (χ0) is 18.2. The van der Waals surface area contributed by atoms with Gasteiger partial charge in [0, 0.05) is 25.2 Å². The summed E-state index contributed by atoms with van der Waals surface area (Å²) in [6.07, 6.45) is 22.9. The van der Waals surface area contributed by atoms with Gasteiger partial charge in [0.25, 0.3) is 0 Å². The van der Waals surface area contributed by atoms with Crippen LogP contribution in [0.15, 0.2) is 0 Å². The normalized spacial score (nSPS) is 21.9. The first-order valence-electron chi connectivity index (χ1n) is 11.3. The molecule has 25 heavy (non-hydrogen) atoms. The fraction of sp³-hybridized carbons (Fsp3) is 0.913. The maximum Gasteiger partial charge on any atom is 0.135 e. The summed E-state index contributed by atoms with van der Waals surface area (Å²) in [5.41, 5.74) is 0. The van der Waals surface area contributed by atoms with Crippen molar-refractivity contribution in [3.05, 3.63) is 0 Å². The Morgan fingerprint density at radius 1 is 0.680 bits per heavy atom. The van der Waals surface area contributed by atoms with Crippen LogP contribution in [-0.2, 0) is 9.59 Å². The molecular weight excluding hydrogens is 308 g/mol. The van der Waals surface area contributed by atoms with E-state index in [0.717, 1.165) is 38.5 Å². The molecular formula is C23H42O2. The minimum atomic E-state index is 0.424. The maximum absolute atomic E-state index is 11.8. The molecule has 2 saturated carbocycles. The van der Waals surface area contributed by atoms with Gasteiger partial charge in [-0.2, -0.15) is 0 Å². The summed E-state index contributed by atoms with van der Waals surface area (Å²) in [5, 5.41) is 0. The van der Waals surface area contributed by atoms with Gasteiger partial charge >= 0.3 is 0 Å². The summed E-state index contributed by atoms with van der Waals surface area (Å²) in [7, 11) is 0. The van der Waals surface area contributed by atoms with Gasteiger partial charge in [-0.1, -0.05) is 77.6 Å². The molecule has 0 N–H and O–H groups in total. The first kappa shape index (κ1) is 22.4. The van der Waals surface area contributed by atoms with Crippen LogP contribution in [0.5, 0.6) is 0 Å². The summed E-state index contributed by atoms with van der Waals surface area (Å²) in [6, 6.07) is 0. The third-order valence-corrected chi connectivity index (χ3v) is 5.75. The monoisotopic (exact) mass is 350 g/mol. The maximum atomic E-state index is 11.8. The molecule has 0 radical (unpaired) electrons. The van der Waals surface area contributed by atoms with Gasteiger partial charge in [-0.25, -0.2) is 0 Å². The summed E-state index contributed by atoms with van der Waals surface area (Å²) in [4.78, 5) is 22.5. The van der Waals surface area contributed by atoms with E-state index in [1.165, 1.54) is 83.5 Å². The minimum Gasteiger partial charge on any atom is -0.300 e. The van der Waals surface area contributed by atoms with Crippen molar-refractivity contribution < 1.29 is 9.59 Å². The molecule has 0 saturated heterocycles. The Labute approximate surface area is 156 Å². The van der Waals surface area contributed by atoms with Gasteiger partial charge in [0.15, 0.2) is 0 Å². The van der Waals surface area contributed by atoms with E-state index >= 15 is 0 Å². The lowest BCUT2D eigenvalue weighted by molar-refractivity contribution is -0.123. The zero-order valence-electron chi connectivity index (χ0n) is 16.8. The molecule has 0 bridgehead atoms. The molecule has 0 amide bonds. The van der Waals surface area contributed by atoms with Crippen molar-refractivity contribution in [3.63, 3.8) is 0 Å². The average Bonchev–Trinajstić information content (AvgIpc) is 2.97. The van der Waals surface area contributed by atoms with Gasteiger partial charge < -0.3 is 0 Å². The molecule has 2 heteroatoms. The second kappa shape index (κ2) is 15.6. The molecule has 1 unspecified atom stereocenters. The van der Waals surface area contributed by atoms with Crippen LogP contribution >= 0.6 is 0 Å². The van der Waals surface area contributed by atoms with Gasteiger partial charge in [0.1, 0.15) is 11.6 Å². The lowest BCUT2D eigenvalue weighted by atomic mass is 9.92. The molecule has 0 aliphatic heterocycles. The van der Waals surface area contributed by atoms with Gasteiger partial charge in [-0.3, -0.25) is 9.59 Å². The van der Waals surface area contributed by atoms with E-state index in [4.69, 9.17) is 0 Å². The number of ketones is 2. The SMILES string of the molecule is CCCCCCCCCC1CCCCCC1=O.O=C1CCCCCC1. The highest BCUT2D eigenvalue weighted by Gasteiger charge is 2.19. The average molecular weight is 351 g/mol. The Balaban J connectivity index is 0.000000324. The zero-order valence-corrected chi connectivity index (χ0v) is 16.8. The van der Waals surface area contributed by atoms with Crippen molar-refractivity contribution in [1.82, 2.24) is 0 Å². The van der Waals surface area contributed by atoms with Crippen molar-refractivity contribution in [2.45, 2.75) is 129 Å². The molecule has 0 aromatic rings. The fourth-order valence-electron chi connectivity index (χ4n) is 4.01. The number of hydrogen-bond donors (Lipinski definition) is 0. The predicted octanol–water partition coefficient (Wildman–Crippen LogP) is 7.19. The van der Waals surface area contributed by atoms with Crippen LogP contribution in [0.4, 0.5) is 0 Å². The molecule has 0 aromatic heterocycles. The standard InChI is InChI=1S/C16H30O.C7H12O/c1-2-3-4-5-6-7-9-12-15-13-10-8-11-14-16(15)17;8-7-5-3-1-2-4-6-7/h15H,2-14H2,1H3;1-6H2. The molecule has 2 aliphatic rings. The summed E-state index contributed by atoms with van der Waals surface area (Å²) >= 11 is 0. The number of unbranched alkanes of at least 4 members (excludes halogenated alkanes) is 6. The van der Waals surface area contributed by atoms with Crippen molar-refractivity contribution >= 4 is 11.6 Å². The second-order valence-corrected chi connectivity index (χ2v) is 8.13. The van der Waals surface area contributed by atoms with Crippen molar-refractivity contribution in [3.8, 4) is 0 Å². The van der Waals surface area contributed by atoms with Gasteiger partial charge in [-0.05, 0) is 32.1 Å². The third-order valence-electron chi connectivity index (χ3n) is 5.75. The highest BCUT2D eigenvalue weighted by molar-refractivity contribution is 5.81. The Morgan fingerprint density at radius 3 is 1.92 bits per heavy atom. The Bertz CT molecular complexity index is 338. The lowest BCUT2D eigenvalue weighted by Gasteiger charge is -2.12. The molecule has 2 aliphatic carbocycles. The van der Waals surface area contributed by atoms with Crippen LogP contribution in [0.3, 0.4) is 0 Å². The summed E-state index contributed by atoms with van der Waals surface area (Å²) in [5.74, 6) is 1.46. The number of rotatable bonds is 8. The van der Waals surface area contributed by atoms with Crippen molar-refractivity contribution in [2.75, 3.05) is 0 Å². The quantitative estimate of drug-likeness (QED) is 0.343. The first-order valence-corrected chi connectivity index (χ1v) is 11.3. The Hall–Kier alpha value is -0.660. The molecule has 1 atom stereocenters. The largest absolute Gasteiger partial charge is 0.300 e. The van der Waals surface area contributed by atoms with E-state index < -0.39 is 0 Å². The van der Waals surface area contributed by atoms with Gasteiger partial charge in [0.05, 0.1) is 0 Å². The molecule has 2 fully saturated rings. The summed E-state index contributed by atoms with van der Waals surface area (Å²) in [6.45, 7) is 2.26. The minimum absolute atomic E-state index is 0.424. The Morgan fingerprint density at radius 2 is 1.24 bits per heavy atom. The number of carbonyl (C=O) groups is 2. The second-order valence-electron chi connectivity index (χ2n) is 8.13. The van der Waals surface area contributed by atoms with E-state index in [1.54, 1.807) is 0 Å². The van der Waals surface area contributed by atoms with Gasteiger partial charge in [0.2, 0.25) is 0 Å². The van der Waals surface area contributed by atoms with Crippen LogP contribution in [0.25, 0.3) is 0 Å². The predicted molar refractivity (Wildman–Crippen MR) is 107 cm³/mol. The van der Waals surface area contributed by atoms with Crippen LogP contribution in [0.1, 0.15) is 129 Å². The molecule has 146 valence electrons. The molecule has 0 heterocycles. The third kappa shape index (κ3) is 12.3. The lowest BCUT2D eigenvalue weighted by Crippen LogP contribution is -2.12.